The summed E-state index contributed by atoms with van der Waals surface area (Å²) in [5.74, 6) is -0.837. The number of nitrogens with one attached hydrogen (secondary N) is 2. The number of hydrogen-bond donors (Lipinski definition) is 3. The Morgan fingerprint density at radius 1 is 1.37 bits per heavy atom. The van der Waals surface area contributed by atoms with Gasteiger partial charge < -0.3 is 20.1 Å². The van der Waals surface area contributed by atoms with E-state index in [-0.39, 0.29) is 42.1 Å². The molecule has 38 heavy (non-hydrogen) atoms. The smallest absolute Gasteiger partial charge is 0.332 e. The van der Waals surface area contributed by atoms with E-state index in [0.29, 0.717) is 23.2 Å². The molecule has 2 aliphatic rings. The molecule has 3 N–H and O–H groups in total. The molecule has 0 radical (unpaired) electrons. The first-order valence-corrected chi connectivity index (χ1v) is 13.6. The Labute approximate surface area is 218 Å². The first-order chi connectivity index (χ1) is 17.9. The van der Waals surface area contributed by atoms with E-state index in [1.54, 1.807) is 28.9 Å². The van der Waals surface area contributed by atoms with Gasteiger partial charge in [-0.3, -0.25) is 9.48 Å². The number of fused-ring (bicyclic) bond motifs is 2. The fourth-order valence-corrected chi connectivity index (χ4v) is 7.15. The maximum atomic E-state index is 13.0. The van der Waals surface area contributed by atoms with Gasteiger partial charge in [0.25, 0.3) is 5.56 Å². The standard InChI is InChI=1S/C25H28N6O6S/c1-24(2,3)30-13-15-12-16(4-5-19(15)38(30,35)36)28-21-20-17(7-11-27-22(20)32)31(29-21)25(9-10-26)8-6-18(23(33)34)37-14-25/h4-5,7,11-12,18H,6,8-9,13-14H2,1-3H3,(H,27,32)(H,28,29)(H,33,34). The highest BCUT2D eigenvalue weighted by Crippen LogP contribution is 2.39. The minimum atomic E-state index is -3.63. The lowest BCUT2D eigenvalue weighted by atomic mass is 9.87. The number of nitriles is 1. The van der Waals surface area contributed by atoms with E-state index in [9.17, 15) is 28.4 Å². The van der Waals surface area contributed by atoms with Gasteiger partial charge in [-0.25, -0.2) is 13.2 Å². The summed E-state index contributed by atoms with van der Waals surface area (Å²) in [5, 5.41) is 27.0. The summed E-state index contributed by atoms with van der Waals surface area (Å²) >= 11 is 0. The van der Waals surface area contributed by atoms with Gasteiger partial charge in [-0.1, -0.05) is 0 Å². The summed E-state index contributed by atoms with van der Waals surface area (Å²) in [6.45, 7) is 5.68. The first kappa shape index (κ1) is 25.9. The molecule has 0 bridgehead atoms. The number of carboxylic acid groups (broad SMARTS) is 1. The van der Waals surface area contributed by atoms with Crippen LogP contribution in [0.4, 0.5) is 11.5 Å². The van der Waals surface area contributed by atoms with Gasteiger partial charge in [0.15, 0.2) is 11.9 Å². The second kappa shape index (κ2) is 8.93. The molecule has 2 aromatic heterocycles. The van der Waals surface area contributed by atoms with E-state index >= 15 is 0 Å². The molecule has 0 amide bonds. The number of H-pyrrole nitrogens is 1. The SMILES string of the molecule is CC(C)(C)N1Cc2cc(Nc3nn(C4(CC#N)CCC(C(=O)O)OC4)c4cc[nH]c(=O)c34)ccc2S1(=O)=O. The zero-order valence-corrected chi connectivity index (χ0v) is 22.0. The summed E-state index contributed by atoms with van der Waals surface area (Å²) in [5.41, 5.74) is -0.317. The van der Waals surface area contributed by atoms with Gasteiger partial charge >= 0.3 is 5.97 Å². The second-order valence-corrected chi connectivity index (χ2v) is 12.5. The Morgan fingerprint density at radius 3 is 2.76 bits per heavy atom. The summed E-state index contributed by atoms with van der Waals surface area (Å²) in [7, 11) is -3.63. The fourth-order valence-electron chi connectivity index (χ4n) is 5.19. The molecular weight excluding hydrogens is 512 g/mol. The second-order valence-electron chi connectivity index (χ2n) is 10.7. The molecule has 4 heterocycles. The number of rotatable bonds is 5. The lowest BCUT2D eigenvalue weighted by Gasteiger charge is -2.38. The molecular formula is C25H28N6O6S. The Bertz CT molecular complexity index is 1640. The van der Waals surface area contributed by atoms with Crippen molar-refractivity contribution >= 4 is 38.4 Å². The van der Waals surface area contributed by atoms with Crippen LogP contribution in [0.25, 0.3) is 10.9 Å². The monoisotopic (exact) mass is 540 g/mol. The number of aliphatic carboxylic acids is 1. The largest absolute Gasteiger partial charge is 0.479 e. The molecule has 2 unspecified atom stereocenters. The third kappa shape index (κ3) is 4.14. The molecule has 12 nitrogen and oxygen atoms in total. The van der Waals surface area contributed by atoms with Crippen molar-refractivity contribution in [1.29, 1.82) is 5.26 Å². The number of hydrogen-bond acceptors (Lipinski definition) is 8. The molecule has 13 heteroatoms. The van der Waals surface area contributed by atoms with Crippen LogP contribution >= 0.6 is 0 Å². The third-order valence-corrected chi connectivity index (χ3v) is 9.33. The van der Waals surface area contributed by atoms with E-state index in [0.717, 1.165) is 0 Å². The van der Waals surface area contributed by atoms with Crippen molar-refractivity contribution in [1.82, 2.24) is 19.1 Å². The van der Waals surface area contributed by atoms with E-state index in [4.69, 9.17) is 4.74 Å². The zero-order chi connectivity index (χ0) is 27.5. The summed E-state index contributed by atoms with van der Waals surface area (Å²) in [6, 6.07) is 8.72. The third-order valence-electron chi connectivity index (χ3n) is 7.12. The van der Waals surface area contributed by atoms with E-state index < -0.39 is 38.7 Å². The molecule has 0 saturated carbocycles. The number of ether oxygens (including phenoxy) is 1. The Balaban J connectivity index is 1.56. The average molecular weight is 541 g/mol. The van der Waals surface area contributed by atoms with Crippen molar-refractivity contribution in [3.05, 3.63) is 46.4 Å². The quantitative estimate of drug-likeness (QED) is 0.440. The van der Waals surface area contributed by atoms with Gasteiger partial charge in [0.1, 0.15) is 5.39 Å². The van der Waals surface area contributed by atoms with Gasteiger partial charge in [-0.15, -0.1) is 0 Å². The number of carbonyl (C=O) groups is 1. The number of pyridine rings is 1. The lowest BCUT2D eigenvalue weighted by Crippen LogP contribution is -2.46. The van der Waals surface area contributed by atoms with E-state index in [1.807, 2.05) is 20.8 Å². The number of nitrogens with zero attached hydrogens (tertiary/aromatic N) is 4. The van der Waals surface area contributed by atoms with Crippen LogP contribution in [0, 0.1) is 11.3 Å². The number of benzene rings is 1. The fraction of sp³-hybridized carbons (Fsp3) is 0.440. The van der Waals surface area contributed by atoms with Crippen LogP contribution in [0.1, 0.15) is 45.6 Å². The zero-order valence-electron chi connectivity index (χ0n) is 21.2. The molecule has 1 saturated heterocycles. The molecule has 1 fully saturated rings. The van der Waals surface area contributed by atoms with Crippen LogP contribution in [0.5, 0.6) is 0 Å². The molecule has 3 aromatic rings. The number of aromatic amines is 1. The molecule has 0 aliphatic carbocycles. The van der Waals surface area contributed by atoms with Crippen LogP contribution in [-0.4, -0.2) is 56.8 Å². The Hall–Kier alpha value is -3.73. The van der Waals surface area contributed by atoms with Crippen molar-refractivity contribution in [2.75, 3.05) is 11.9 Å². The molecule has 1 aromatic carbocycles. The minimum absolute atomic E-state index is 0.00169. The van der Waals surface area contributed by atoms with Gasteiger partial charge in [-0.05, 0) is 63.4 Å². The maximum Gasteiger partial charge on any atom is 0.332 e. The van der Waals surface area contributed by atoms with Crippen molar-refractivity contribution in [3.63, 3.8) is 0 Å². The van der Waals surface area contributed by atoms with Crippen molar-refractivity contribution in [2.45, 2.75) is 68.7 Å². The first-order valence-electron chi connectivity index (χ1n) is 12.1. The molecule has 2 aliphatic heterocycles. The van der Waals surface area contributed by atoms with E-state index in [1.165, 1.54) is 10.5 Å². The molecule has 5 rings (SSSR count). The predicted octanol–water partition coefficient (Wildman–Crippen LogP) is 2.64. The summed E-state index contributed by atoms with van der Waals surface area (Å²) < 4.78 is 34.7. The topological polar surface area (TPSA) is 170 Å². The normalized spacial score (nSPS) is 23.2. The number of sulfonamides is 1. The van der Waals surface area contributed by atoms with Crippen LogP contribution in [0.15, 0.2) is 40.2 Å². The van der Waals surface area contributed by atoms with Crippen LogP contribution in [0.3, 0.4) is 0 Å². The minimum Gasteiger partial charge on any atom is -0.479 e. The van der Waals surface area contributed by atoms with Crippen LogP contribution in [-0.2, 0) is 31.6 Å². The Kier molecular flexibility index (Phi) is 6.09. The van der Waals surface area contributed by atoms with Crippen molar-refractivity contribution < 1.29 is 23.1 Å². The number of anilines is 2. The summed E-state index contributed by atoms with van der Waals surface area (Å²) in [4.78, 5) is 27.2. The van der Waals surface area contributed by atoms with Gasteiger partial charge in [-0.2, -0.15) is 14.7 Å². The average Bonchev–Trinajstić information content (AvgIpc) is 3.35. The molecule has 2 atom stereocenters. The van der Waals surface area contributed by atoms with Crippen LogP contribution < -0.4 is 10.9 Å². The number of aromatic nitrogens is 3. The van der Waals surface area contributed by atoms with Crippen molar-refractivity contribution in [2.24, 2.45) is 0 Å². The highest BCUT2D eigenvalue weighted by atomic mass is 32.2. The highest BCUT2D eigenvalue weighted by Gasteiger charge is 2.43. The van der Waals surface area contributed by atoms with Gasteiger partial charge in [0, 0.05) is 24.0 Å². The Morgan fingerprint density at radius 2 is 2.13 bits per heavy atom. The molecule has 0 spiro atoms. The van der Waals surface area contributed by atoms with Gasteiger partial charge in [0.2, 0.25) is 10.0 Å². The maximum absolute atomic E-state index is 13.0. The van der Waals surface area contributed by atoms with Gasteiger partial charge in [0.05, 0.1) is 35.0 Å². The van der Waals surface area contributed by atoms with E-state index in [2.05, 4.69) is 21.5 Å². The summed E-state index contributed by atoms with van der Waals surface area (Å²) in [6.07, 6.45) is 1.02. The number of carboxylic acids is 1. The lowest BCUT2D eigenvalue weighted by molar-refractivity contribution is -0.158. The molecule has 200 valence electrons. The predicted molar refractivity (Wildman–Crippen MR) is 137 cm³/mol. The highest BCUT2D eigenvalue weighted by molar-refractivity contribution is 7.89. The van der Waals surface area contributed by atoms with Crippen LogP contribution in [0.2, 0.25) is 0 Å². The van der Waals surface area contributed by atoms with Crippen molar-refractivity contribution in [3.8, 4) is 6.07 Å².